The highest BCUT2D eigenvalue weighted by Crippen LogP contribution is 2.38. The Morgan fingerprint density at radius 3 is 2.65 bits per heavy atom. The normalized spacial score (nSPS) is 12.6. The molecule has 0 amide bonds. The van der Waals surface area contributed by atoms with E-state index in [1.165, 1.54) is 12.1 Å². The van der Waals surface area contributed by atoms with Gasteiger partial charge in [0.25, 0.3) is 0 Å². The molecule has 17 heavy (non-hydrogen) atoms. The van der Waals surface area contributed by atoms with Crippen LogP contribution in [-0.4, -0.2) is 12.5 Å². The smallest absolute Gasteiger partial charge is 0.370 e. The third-order valence-electron chi connectivity index (χ3n) is 1.90. The highest BCUT2D eigenvalue weighted by Gasteiger charge is 2.34. The van der Waals surface area contributed by atoms with Crippen LogP contribution >= 0.6 is 11.6 Å². The predicted molar refractivity (Wildman–Crippen MR) is 62.2 cm³/mol. The van der Waals surface area contributed by atoms with Gasteiger partial charge in [0, 0.05) is 6.54 Å². The first-order valence-corrected chi connectivity index (χ1v) is 5.16. The summed E-state index contributed by atoms with van der Waals surface area (Å²) in [5, 5.41) is 2.30. The molecule has 0 fully saturated rings. The molecule has 0 spiro atoms. The van der Waals surface area contributed by atoms with Crippen LogP contribution in [0.25, 0.3) is 0 Å². The lowest BCUT2D eigenvalue weighted by molar-refractivity contribution is -0.136. The Labute approximate surface area is 101 Å². The first-order chi connectivity index (χ1) is 7.86. The largest absolute Gasteiger partial charge is 0.418 e. The molecule has 0 saturated carbocycles. The van der Waals surface area contributed by atoms with Crippen molar-refractivity contribution in [3.63, 3.8) is 0 Å². The van der Waals surface area contributed by atoms with Gasteiger partial charge in [-0.3, -0.25) is 4.99 Å². The maximum Gasteiger partial charge on any atom is 0.418 e. The SMILES string of the molecule is CCN=C(N)Nc1c(Cl)cccc1C(F)(F)F. The minimum Gasteiger partial charge on any atom is -0.370 e. The van der Waals surface area contributed by atoms with Crippen molar-refractivity contribution in [1.29, 1.82) is 0 Å². The van der Waals surface area contributed by atoms with E-state index in [4.69, 9.17) is 17.3 Å². The summed E-state index contributed by atoms with van der Waals surface area (Å²) in [5.41, 5.74) is 4.25. The molecule has 0 unspecified atom stereocenters. The summed E-state index contributed by atoms with van der Waals surface area (Å²) in [6.45, 7) is 2.08. The van der Waals surface area contributed by atoms with Crippen LogP contribution in [0.2, 0.25) is 5.02 Å². The Hall–Kier alpha value is -1.43. The molecule has 1 aromatic rings. The zero-order valence-corrected chi connectivity index (χ0v) is 9.73. The monoisotopic (exact) mass is 265 g/mol. The van der Waals surface area contributed by atoms with Crippen LogP contribution < -0.4 is 11.1 Å². The summed E-state index contributed by atoms with van der Waals surface area (Å²) in [6, 6.07) is 3.50. The number of hydrogen-bond acceptors (Lipinski definition) is 1. The quantitative estimate of drug-likeness (QED) is 0.638. The van der Waals surface area contributed by atoms with E-state index < -0.39 is 11.7 Å². The van der Waals surface area contributed by atoms with Gasteiger partial charge in [0.05, 0.1) is 16.3 Å². The lowest BCUT2D eigenvalue weighted by Gasteiger charge is -2.15. The molecular formula is C10H11ClF3N3. The predicted octanol–water partition coefficient (Wildman–Crippen LogP) is 3.11. The van der Waals surface area contributed by atoms with Crippen LogP contribution in [0.1, 0.15) is 12.5 Å². The molecule has 0 bridgehead atoms. The minimum absolute atomic E-state index is 0.0610. The summed E-state index contributed by atoms with van der Waals surface area (Å²) in [6.07, 6.45) is -4.50. The maximum atomic E-state index is 12.7. The van der Waals surface area contributed by atoms with Crippen LogP contribution in [0.3, 0.4) is 0 Å². The van der Waals surface area contributed by atoms with Crippen molar-refractivity contribution in [3.8, 4) is 0 Å². The third kappa shape index (κ3) is 3.52. The van der Waals surface area contributed by atoms with Crippen molar-refractivity contribution in [2.45, 2.75) is 13.1 Å². The Kier molecular flexibility index (Phi) is 4.22. The highest BCUT2D eigenvalue weighted by molar-refractivity contribution is 6.34. The second-order valence-electron chi connectivity index (χ2n) is 3.14. The fourth-order valence-corrected chi connectivity index (χ4v) is 1.45. The third-order valence-corrected chi connectivity index (χ3v) is 2.22. The van der Waals surface area contributed by atoms with Gasteiger partial charge >= 0.3 is 6.18 Å². The molecular weight excluding hydrogens is 255 g/mol. The number of nitrogens with zero attached hydrogens (tertiary/aromatic N) is 1. The van der Waals surface area contributed by atoms with E-state index in [0.29, 0.717) is 6.54 Å². The van der Waals surface area contributed by atoms with E-state index in [9.17, 15) is 13.2 Å². The van der Waals surface area contributed by atoms with Crippen LogP contribution in [0.5, 0.6) is 0 Å². The molecule has 3 N–H and O–H groups in total. The summed E-state index contributed by atoms with van der Waals surface area (Å²) in [4.78, 5) is 3.74. The molecule has 0 radical (unpaired) electrons. The van der Waals surface area contributed by atoms with E-state index in [1.54, 1.807) is 6.92 Å². The van der Waals surface area contributed by atoms with Crippen LogP contribution in [0, 0.1) is 0 Å². The Balaban J connectivity index is 3.17. The molecule has 1 rings (SSSR count). The van der Waals surface area contributed by atoms with E-state index in [1.807, 2.05) is 0 Å². The number of hydrogen-bond donors (Lipinski definition) is 2. The molecule has 0 heterocycles. The fourth-order valence-electron chi connectivity index (χ4n) is 1.23. The van der Waals surface area contributed by atoms with Gasteiger partial charge in [0.2, 0.25) is 0 Å². The molecule has 0 aliphatic carbocycles. The molecule has 0 atom stereocenters. The molecule has 0 aliphatic heterocycles. The number of benzene rings is 1. The Morgan fingerprint density at radius 2 is 2.12 bits per heavy atom. The van der Waals surface area contributed by atoms with Gasteiger partial charge in [-0.25, -0.2) is 0 Å². The van der Waals surface area contributed by atoms with Gasteiger partial charge in [-0.2, -0.15) is 13.2 Å². The number of alkyl halides is 3. The van der Waals surface area contributed by atoms with Gasteiger partial charge in [0.1, 0.15) is 0 Å². The first kappa shape index (κ1) is 13.6. The summed E-state index contributed by atoms with van der Waals surface area (Å²) in [5.74, 6) is -0.105. The topological polar surface area (TPSA) is 50.4 Å². The zero-order valence-electron chi connectivity index (χ0n) is 8.98. The second-order valence-corrected chi connectivity index (χ2v) is 3.55. The second kappa shape index (κ2) is 5.27. The van der Waals surface area contributed by atoms with Crippen molar-refractivity contribution < 1.29 is 13.2 Å². The molecule has 7 heteroatoms. The van der Waals surface area contributed by atoms with E-state index >= 15 is 0 Å². The number of anilines is 1. The van der Waals surface area contributed by atoms with Crippen LogP contribution in [0.15, 0.2) is 23.2 Å². The molecule has 0 saturated heterocycles. The van der Waals surface area contributed by atoms with Crippen molar-refractivity contribution in [2.75, 3.05) is 11.9 Å². The van der Waals surface area contributed by atoms with Crippen molar-refractivity contribution in [1.82, 2.24) is 0 Å². The van der Waals surface area contributed by atoms with Gasteiger partial charge < -0.3 is 11.1 Å². The first-order valence-electron chi connectivity index (χ1n) is 4.79. The fraction of sp³-hybridized carbons (Fsp3) is 0.300. The minimum atomic E-state index is -4.50. The molecule has 0 aliphatic rings. The highest BCUT2D eigenvalue weighted by atomic mass is 35.5. The van der Waals surface area contributed by atoms with Gasteiger partial charge in [-0.05, 0) is 19.1 Å². The molecule has 3 nitrogen and oxygen atoms in total. The van der Waals surface area contributed by atoms with Crippen molar-refractivity contribution in [3.05, 3.63) is 28.8 Å². The van der Waals surface area contributed by atoms with Crippen molar-refractivity contribution >= 4 is 23.2 Å². The van der Waals surface area contributed by atoms with Crippen molar-refractivity contribution in [2.24, 2.45) is 10.7 Å². The van der Waals surface area contributed by atoms with Crippen LogP contribution in [-0.2, 0) is 6.18 Å². The summed E-state index contributed by atoms with van der Waals surface area (Å²) < 4.78 is 38.1. The average Bonchev–Trinajstić information content (AvgIpc) is 2.19. The Bertz CT molecular complexity index is 429. The summed E-state index contributed by atoms with van der Waals surface area (Å²) in [7, 11) is 0. The van der Waals surface area contributed by atoms with Gasteiger partial charge in [-0.15, -0.1) is 0 Å². The number of nitrogens with two attached hydrogens (primary N) is 1. The number of nitrogens with one attached hydrogen (secondary N) is 1. The number of guanidine groups is 1. The number of halogens is 4. The van der Waals surface area contributed by atoms with Gasteiger partial charge in [0.15, 0.2) is 5.96 Å². The molecule has 94 valence electrons. The zero-order chi connectivity index (χ0) is 13.1. The van der Waals surface area contributed by atoms with E-state index in [0.717, 1.165) is 6.07 Å². The van der Waals surface area contributed by atoms with Crippen LogP contribution in [0.4, 0.5) is 18.9 Å². The number of para-hydroxylation sites is 1. The summed E-state index contributed by atoms with van der Waals surface area (Å²) >= 11 is 5.71. The lowest BCUT2D eigenvalue weighted by Crippen LogP contribution is -2.24. The number of rotatable bonds is 2. The molecule has 0 aromatic heterocycles. The van der Waals surface area contributed by atoms with Gasteiger partial charge in [-0.1, -0.05) is 17.7 Å². The average molecular weight is 266 g/mol. The van der Waals surface area contributed by atoms with E-state index in [-0.39, 0.29) is 16.7 Å². The number of aliphatic imine (C=N–C) groups is 1. The lowest BCUT2D eigenvalue weighted by atomic mass is 10.1. The molecule has 1 aromatic carbocycles. The maximum absolute atomic E-state index is 12.7. The van der Waals surface area contributed by atoms with E-state index in [2.05, 4.69) is 10.3 Å². The Morgan fingerprint density at radius 1 is 1.47 bits per heavy atom. The standard InChI is InChI=1S/C10H11ClF3N3/c1-2-16-9(15)17-8-6(10(12,13)14)4-3-5-7(8)11/h3-5H,2H2,1H3,(H3,15,16,17).